The third-order valence-electron chi connectivity index (χ3n) is 2.13. The fraction of sp³-hybridized carbons (Fsp3) is 0.400. The minimum atomic E-state index is -0.731. The molecule has 0 spiro atoms. The van der Waals surface area contributed by atoms with Crippen molar-refractivity contribution >= 4 is 0 Å². The van der Waals surface area contributed by atoms with Gasteiger partial charge in [0, 0.05) is 12.5 Å². The molecule has 0 aliphatic rings. The van der Waals surface area contributed by atoms with E-state index in [9.17, 15) is 9.50 Å². The number of hydrogen-bond acceptors (Lipinski definition) is 3. The molecule has 0 aromatic heterocycles. The first kappa shape index (κ1) is 10.8. The van der Waals surface area contributed by atoms with Crippen LogP contribution in [0.5, 0.6) is 11.5 Å². The topological polar surface area (TPSA) is 49.7 Å². The zero-order valence-corrected chi connectivity index (χ0v) is 8.12. The highest BCUT2D eigenvalue weighted by Crippen LogP contribution is 2.33. The van der Waals surface area contributed by atoms with Gasteiger partial charge < -0.3 is 14.9 Å². The van der Waals surface area contributed by atoms with Gasteiger partial charge in [-0.25, -0.2) is 4.39 Å². The Labute approximate surface area is 81.8 Å². The number of halogens is 1. The first-order valence-corrected chi connectivity index (χ1v) is 4.28. The van der Waals surface area contributed by atoms with Crippen molar-refractivity contribution in [1.29, 1.82) is 0 Å². The molecule has 0 saturated heterocycles. The van der Waals surface area contributed by atoms with Crippen molar-refractivity contribution < 1.29 is 19.3 Å². The number of methoxy groups -OCH3 is 1. The van der Waals surface area contributed by atoms with Gasteiger partial charge in [-0.2, -0.15) is 0 Å². The number of benzene rings is 1. The third-order valence-corrected chi connectivity index (χ3v) is 2.13. The van der Waals surface area contributed by atoms with Crippen molar-refractivity contribution in [3.63, 3.8) is 0 Å². The van der Waals surface area contributed by atoms with E-state index < -0.39 is 11.6 Å². The number of hydrogen-bond donors (Lipinski definition) is 2. The Morgan fingerprint density at radius 3 is 2.64 bits per heavy atom. The molecule has 0 fully saturated rings. The molecular formula is C10H13FO3. The molecule has 0 amide bonds. The summed E-state index contributed by atoms with van der Waals surface area (Å²) >= 11 is 0. The maximum Gasteiger partial charge on any atom is 0.194 e. The summed E-state index contributed by atoms with van der Waals surface area (Å²) in [5.41, 5.74) is 0.283. The van der Waals surface area contributed by atoms with Crippen molar-refractivity contribution in [3.05, 3.63) is 23.5 Å². The number of aliphatic hydroxyl groups is 1. The molecule has 0 radical (unpaired) electrons. The Morgan fingerprint density at radius 2 is 2.14 bits per heavy atom. The summed E-state index contributed by atoms with van der Waals surface area (Å²) in [6.07, 6.45) is 0. The Balaban J connectivity index is 3.17. The van der Waals surface area contributed by atoms with Gasteiger partial charge in [0.2, 0.25) is 0 Å². The van der Waals surface area contributed by atoms with Crippen LogP contribution in [0.4, 0.5) is 4.39 Å². The van der Waals surface area contributed by atoms with Gasteiger partial charge in [0.1, 0.15) is 0 Å². The Hall–Kier alpha value is -1.29. The molecule has 0 bridgehead atoms. The molecule has 0 aliphatic heterocycles. The van der Waals surface area contributed by atoms with Crippen LogP contribution in [0.3, 0.4) is 0 Å². The van der Waals surface area contributed by atoms with Crippen molar-refractivity contribution in [3.8, 4) is 11.5 Å². The lowest BCUT2D eigenvalue weighted by Crippen LogP contribution is -2.02. The highest BCUT2D eigenvalue weighted by molar-refractivity contribution is 5.44. The molecule has 14 heavy (non-hydrogen) atoms. The summed E-state index contributed by atoms with van der Waals surface area (Å²) in [6, 6.07) is 2.97. The van der Waals surface area contributed by atoms with Gasteiger partial charge in [-0.15, -0.1) is 0 Å². The van der Waals surface area contributed by atoms with Crippen LogP contribution in [0.2, 0.25) is 0 Å². The Kier molecular flexibility index (Phi) is 3.30. The average molecular weight is 200 g/mol. The second-order valence-electron chi connectivity index (χ2n) is 3.10. The zero-order chi connectivity index (χ0) is 10.7. The summed E-state index contributed by atoms with van der Waals surface area (Å²) in [4.78, 5) is 0. The summed E-state index contributed by atoms with van der Waals surface area (Å²) in [5, 5.41) is 18.2. The van der Waals surface area contributed by atoms with Crippen LogP contribution in [0.1, 0.15) is 18.4 Å². The quantitative estimate of drug-likeness (QED) is 0.779. The minimum absolute atomic E-state index is 0.0939. The third kappa shape index (κ3) is 1.80. The molecule has 4 heteroatoms. The maximum atomic E-state index is 13.4. The molecule has 78 valence electrons. The molecule has 1 aromatic rings. The van der Waals surface area contributed by atoms with Gasteiger partial charge in [0.25, 0.3) is 0 Å². The number of phenols is 1. The van der Waals surface area contributed by atoms with E-state index in [1.807, 2.05) is 0 Å². The number of rotatable bonds is 3. The first-order chi connectivity index (χ1) is 6.61. The summed E-state index contributed by atoms with van der Waals surface area (Å²) in [5.74, 6) is -1.49. The maximum absolute atomic E-state index is 13.4. The predicted octanol–water partition coefficient (Wildman–Crippen LogP) is 1.64. The molecule has 1 aromatic carbocycles. The van der Waals surface area contributed by atoms with Gasteiger partial charge in [-0.1, -0.05) is 13.0 Å². The molecular weight excluding hydrogens is 187 g/mol. The van der Waals surface area contributed by atoms with Gasteiger partial charge >= 0.3 is 0 Å². The smallest absolute Gasteiger partial charge is 0.194 e. The van der Waals surface area contributed by atoms with Crippen LogP contribution in [0.25, 0.3) is 0 Å². The van der Waals surface area contributed by atoms with E-state index in [0.717, 1.165) is 0 Å². The molecule has 1 rings (SSSR count). The SMILES string of the molecule is COc1ccc(C(C)CO)c(F)c1O. The van der Waals surface area contributed by atoms with Gasteiger partial charge in [0.05, 0.1) is 7.11 Å². The summed E-state index contributed by atoms with van der Waals surface area (Å²) in [6.45, 7) is 1.51. The standard InChI is InChI=1S/C10H13FO3/c1-6(5-12)7-3-4-8(14-2)10(13)9(7)11/h3-4,6,12-13H,5H2,1-2H3. The van der Waals surface area contributed by atoms with E-state index in [1.165, 1.54) is 19.2 Å². The van der Waals surface area contributed by atoms with E-state index in [0.29, 0.717) is 0 Å². The highest BCUT2D eigenvalue weighted by atomic mass is 19.1. The van der Waals surface area contributed by atoms with Crippen LogP contribution in [-0.4, -0.2) is 23.9 Å². The zero-order valence-electron chi connectivity index (χ0n) is 8.12. The van der Waals surface area contributed by atoms with E-state index in [4.69, 9.17) is 9.84 Å². The summed E-state index contributed by atoms with van der Waals surface area (Å²) in [7, 11) is 1.35. The van der Waals surface area contributed by atoms with Crippen LogP contribution in [0, 0.1) is 5.82 Å². The second-order valence-corrected chi connectivity index (χ2v) is 3.10. The van der Waals surface area contributed by atoms with Crippen molar-refractivity contribution in [1.82, 2.24) is 0 Å². The van der Waals surface area contributed by atoms with Gasteiger partial charge in [-0.3, -0.25) is 0 Å². The van der Waals surface area contributed by atoms with Gasteiger partial charge in [0.15, 0.2) is 17.3 Å². The van der Waals surface area contributed by atoms with E-state index >= 15 is 0 Å². The first-order valence-electron chi connectivity index (χ1n) is 4.28. The minimum Gasteiger partial charge on any atom is -0.502 e. The normalized spacial score (nSPS) is 12.6. The molecule has 0 aliphatic carbocycles. The molecule has 1 atom stereocenters. The van der Waals surface area contributed by atoms with Crippen molar-refractivity contribution in [2.45, 2.75) is 12.8 Å². The molecule has 1 unspecified atom stereocenters. The lowest BCUT2D eigenvalue weighted by molar-refractivity contribution is 0.269. The van der Waals surface area contributed by atoms with E-state index in [-0.39, 0.29) is 23.8 Å². The number of aromatic hydroxyl groups is 1. The van der Waals surface area contributed by atoms with Crippen LogP contribution >= 0.6 is 0 Å². The second kappa shape index (κ2) is 4.28. The summed E-state index contributed by atoms with van der Waals surface area (Å²) < 4.78 is 18.2. The van der Waals surface area contributed by atoms with E-state index in [2.05, 4.69) is 0 Å². The number of aliphatic hydroxyl groups excluding tert-OH is 1. The fourth-order valence-electron chi connectivity index (χ4n) is 1.21. The average Bonchev–Trinajstić information content (AvgIpc) is 2.21. The Bertz CT molecular complexity index is 325. The van der Waals surface area contributed by atoms with Crippen molar-refractivity contribution in [2.75, 3.05) is 13.7 Å². The van der Waals surface area contributed by atoms with Crippen LogP contribution in [0.15, 0.2) is 12.1 Å². The predicted molar refractivity (Wildman–Crippen MR) is 50.1 cm³/mol. The number of ether oxygens (including phenoxy) is 1. The molecule has 0 heterocycles. The van der Waals surface area contributed by atoms with E-state index in [1.54, 1.807) is 6.92 Å². The molecule has 2 N–H and O–H groups in total. The van der Waals surface area contributed by atoms with Gasteiger partial charge in [-0.05, 0) is 11.6 Å². The van der Waals surface area contributed by atoms with Crippen LogP contribution < -0.4 is 4.74 Å². The molecule has 0 saturated carbocycles. The monoisotopic (exact) mass is 200 g/mol. The number of phenolic OH excluding ortho intramolecular Hbond substituents is 1. The molecule has 3 nitrogen and oxygen atoms in total. The van der Waals surface area contributed by atoms with Crippen LogP contribution in [-0.2, 0) is 0 Å². The Morgan fingerprint density at radius 1 is 1.50 bits per heavy atom. The largest absolute Gasteiger partial charge is 0.502 e. The highest BCUT2D eigenvalue weighted by Gasteiger charge is 2.16. The van der Waals surface area contributed by atoms with Crippen molar-refractivity contribution in [2.24, 2.45) is 0 Å². The lowest BCUT2D eigenvalue weighted by atomic mass is 10.0. The lowest BCUT2D eigenvalue weighted by Gasteiger charge is -2.12. The fourth-order valence-corrected chi connectivity index (χ4v) is 1.21.